The normalized spacial score (nSPS) is 24.3. The summed E-state index contributed by atoms with van der Waals surface area (Å²) in [6.07, 6.45) is 4.55. The highest BCUT2D eigenvalue weighted by Gasteiger charge is 2.26. The fourth-order valence-corrected chi connectivity index (χ4v) is 2.08. The molecule has 0 aromatic heterocycles. The number of allylic oxidation sites excluding steroid dienone is 1. The molecule has 1 aliphatic rings. The van der Waals surface area contributed by atoms with Crippen LogP contribution in [-0.2, 0) is 14.3 Å². The summed E-state index contributed by atoms with van der Waals surface area (Å²) in [5.74, 6) is 0.189. The molecular weight excluding hydrogens is 307 g/mol. The van der Waals surface area contributed by atoms with E-state index in [9.17, 15) is 4.79 Å². The van der Waals surface area contributed by atoms with Crippen LogP contribution in [-0.4, -0.2) is 19.2 Å². The van der Waals surface area contributed by atoms with Crippen molar-refractivity contribution in [3.63, 3.8) is 0 Å². The van der Waals surface area contributed by atoms with Gasteiger partial charge in [-0.3, -0.25) is 0 Å². The van der Waals surface area contributed by atoms with E-state index in [2.05, 4.69) is 28.7 Å². The first-order valence-electron chi connectivity index (χ1n) is 4.83. The predicted octanol–water partition coefficient (Wildman–Crippen LogP) is 2.81. The van der Waals surface area contributed by atoms with Crippen molar-refractivity contribution in [2.45, 2.75) is 26.4 Å². The van der Waals surface area contributed by atoms with E-state index >= 15 is 0 Å². The number of ether oxygens (including phenoxy) is 2. The zero-order valence-electron chi connectivity index (χ0n) is 9.12. The molecule has 0 aliphatic carbocycles. The molecule has 0 aromatic rings. The van der Waals surface area contributed by atoms with Gasteiger partial charge in [-0.05, 0) is 39.2 Å². The van der Waals surface area contributed by atoms with Crippen LogP contribution < -0.4 is 0 Å². The molecule has 0 unspecified atom stereocenters. The summed E-state index contributed by atoms with van der Waals surface area (Å²) in [7, 11) is 1.48. The maximum Gasteiger partial charge on any atom is 0.373 e. The monoisotopic (exact) mass is 322 g/mol. The summed E-state index contributed by atoms with van der Waals surface area (Å²) in [5, 5.41) is 0. The van der Waals surface area contributed by atoms with Crippen molar-refractivity contribution in [3.8, 4) is 0 Å². The second-order valence-electron chi connectivity index (χ2n) is 3.56. The van der Waals surface area contributed by atoms with Gasteiger partial charge in [-0.1, -0.05) is 13.0 Å². The van der Waals surface area contributed by atoms with Crippen molar-refractivity contribution >= 4 is 28.6 Å². The molecule has 0 saturated carbocycles. The zero-order chi connectivity index (χ0) is 11.4. The Morgan fingerprint density at radius 1 is 1.80 bits per heavy atom. The number of carbonyl (C=O) groups excluding carboxylic acids is 1. The van der Waals surface area contributed by atoms with E-state index in [-0.39, 0.29) is 18.0 Å². The van der Waals surface area contributed by atoms with Crippen molar-refractivity contribution in [2.75, 3.05) is 7.11 Å². The van der Waals surface area contributed by atoms with Gasteiger partial charge in [0.2, 0.25) is 0 Å². The molecule has 0 aromatic carbocycles. The number of rotatable bonds is 3. The molecule has 1 aliphatic heterocycles. The molecule has 0 spiro atoms. The van der Waals surface area contributed by atoms with Gasteiger partial charge in [0.1, 0.15) is 6.10 Å². The molecule has 0 N–H and O–H groups in total. The van der Waals surface area contributed by atoms with Crippen LogP contribution in [0.25, 0.3) is 0 Å². The third-order valence-electron chi connectivity index (χ3n) is 2.29. The van der Waals surface area contributed by atoms with Crippen molar-refractivity contribution in [2.24, 2.45) is 5.92 Å². The largest absolute Gasteiger partial charge is 0.490 e. The highest BCUT2D eigenvalue weighted by molar-refractivity contribution is 14.1. The van der Waals surface area contributed by atoms with Crippen LogP contribution in [0.5, 0.6) is 0 Å². The highest BCUT2D eigenvalue weighted by atomic mass is 127. The summed E-state index contributed by atoms with van der Waals surface area (Å²) in [5.41, 5.74) is 0. The highest BCUT2D eigenvalue weighted by Crippen LogP contribution is 2.23. The van der Waals surface area contributed by atoms with E-state index in [1.54, 1.807) is 6.08 Å². The van der Waals surface area contributed by atoms with Crippen molar-refractivity contribution < 1.29 is 14.3 Å². The standard InChI is InChI=1S/C11H15IO3/c1-7(6-8(2)12)9-4-5-10(14-3)11(13)15-9/h5-7,9H,4H2,1-3H3/b8-6+/t7-,9-/m0/s1. The Hall–Kier alpha value is -0.520. The average Bonchev–Trinajstić information content (AvgIpc) is 2.16. The maximum absolute atomic E-state index is 11.4. The lowest BCUT2D eigenvalue weighted by molar-refractivity contribution is -0.151. The Kier molecular flexibility index (Phi) is 4.63. The smallest absolute Gasteiger partial charge is 0.373 e. The minimum Gasteiger partial charge on any atom is -0.490 e. The van der Waals surface area contributed by atoms with Gasteiger partial charge in [0, 0.05) is 12.3 Å². The summed E-state index contributed by atoms with van der Waals surface area (Å²) >= 11 is 2.25. The summed E-state index contributed by atoms with van der Waals surface area (Å²) in [4.78, 5) is 11.4. The molecule has 84 valence electrons. The van der Waals surface area contributed by atoms with Crippen LogP contribution in [0.2, 0.25) is 0 Å². The second kappa shape index (κ2) is 5.53. The average molecular weight is 322 g/mol. The van der Waals surface area contributed by atoms with E-state index in [0.717, 1.165) is 6.42 Å². The molecule has 2 atom stereocenters. The van der Waals surface area contributed by atoms with Crippen LogP contribution in [0.4, 0.5) is 0 Å². The van der Waals surface area contributed by atoms with Crippen LogP contribution in [0.15, 0.2) is 21.5 Å². The Bertz CT molecular complexity index is 303. The van der Waals surface area contributed by atoms with Gasteiger partial charge in [0.25, 0.3) is 0 Å². The molecule has 1 rings (SSSR count). The van der Waals surface area contributed by atoms with Crippen LogP contribution >= 0.6 is 22.6 Å². The van der Waals surface area contributed by atoms with Crippen molar-refractivity contribution in [1.82, 2.24) is 0 Å². The first kappa shape index (κ1) is 12.5. The number of methoxy groups -OCH3 is 1. The van der Waals surface area contributed by atoms with E-state index in [0.29, 0.717) is 5.76 Å². The van der Waals surface area contributed by atoms with Gasteiger partial charge >= 0.3 is 5.97 Å². The minimum absolute atomic E-state index is 0.0684. The second-order valence-corrected chi connectivity index (χ2v) is 5.27. The van der Waals surface area contributed by atoms with Gasteiger partial charge in [0.15, 0.2) is 5.76 Å². The first-order valence-corrected chi connectivity index (χ1v) is 5.91. The molecule has 0 saturated heterocycles. The Morgan fingerprint density at radius 2 is 2.47 bits per heavy atom. The molecule has 4 heteroatoms. The molecule has 0 radical (unpaired) electrons. The number of esters is 1. The molecular formula is C11H15IO3. The number of halogens is 1. The van der Waals surface area contributed by atoms with Crippen LogP contribution in [0.3, 0.4) is 0 Å². The van der Waals surface area contributed by atoms with E-state index < -0.39 is 0 Å². The predicted molar refractivity (Wildman–Crippen MR) is 66.5 cm³/mol. The van der Waals surface area contributed by atoms with Crippen molar-refractivity contribution in [1.29, 1.82) is 0 Å². The molecule has 15 heavy (non-hydrogen) atoms. The lowest BCUT2D eigenvalue weighted by Gasteiger charge is -2.25. The summed E-state index contributed by atoms with van der Waals surface area (Å²) in [6.45, 7) is 4.07. The molecule has 0 bridgehead atoms. The molecule has 3 nitrogen and oxygen atoms in total. The zero-order valence-corrected chi connectivity index (χ0v) is 11.3. The van der Waals surface area contributed by atoms with Crippen LogP contribution in [0, 0.1) is 5.92 Å². The third-order valence-corrected chi connectivity index (χ3v) is 2.65. The number of carbonyl (C=O) groups is 1. The Labute approximate surface area is 104 Å². The summed E-state index contributed by atoms with van der Waals surface area (Å²) < 4.78 is 11.4. The van der Waals surface area contributed by atoms with Crippen molar-refractivity contribution in [3.05, 3.63) is 21.5 Å². The minimum atomic E-state index is -0.361. The van der Waals surface area contributed by atoms with Gasteiger partial charge in [-0.25, -0.2) is 4.79 Å². The number of hydrogen-bond acceptors (Lipinski definition) is 3. The van der Waals surface area contributed by atoms with Crippen LogP contribution in [0.1, 0.15) is 20.3 Å². The molecule has 1 heterocycles. The van der Waals surface area contributed by atoms with Gasteiger partial charge < -0.3 is 9.47 Å². The van der Waals surface area contributed by atoms with E-state index in [4.69, 9.17) is 9.47 Å². The Balaban J connectivity index is 2.66. The molecule has 0 fully saturated rings. The topological polar surface area (TPSA) is 35.5 Å². The van der Waals surface area contributed by atoms with E-state index in [1.165, 1.54) is 10.7 Å². The lowest BCUT2D eigenvalue weighted by Crippen LogP contribution is -2.28. The SMILES string of the molecule is COC1=CC[C@@H]([C@@H](C)/C=C(\C)I)OC1=O. The fourth-order valence-electron chi connectivity index (χ4n) is 1.51. The lowest BCUT2D eigenvalue weighted by atomic mass is 9.99. The van der Waals surface area contributed by atoms with Gasteiger partial charge in [-0.15, -0.1) is 0 Å². The fraction of sp³-hybridized carbons (Fsp3) is 0.545. The first-order chi connectivity index (χ1) is 7.04. The molecule has 0 amide bonds. The van der Waals surface area contributed by atoms with E-state index in [1.807, 2.05) is 13.8 Å². The summed E-state index contributed by atoms with van der Waals surface area (Å²) in [6, 6.07) is 0. The Morgan fingerprint density at radius 3 is 2.93 bits per heavy atom. The third kappa shape index (κ3) is 3.52. The van der Waals surface area contributed by atoms with Gasteiger partial charge in [-0.2, -0.15) is 0 Å². The maximum atomic E-state index is 11.4. The van der Waals surface area contributed by atoms with Gasteiger partial charge in [0.05, 0.1) is 7.11 Å². The number of cyclic esters (lactones) is 1. The quantitative estimate of drug-likeness (QED) is 0.592. The number of hydrogen-bond donors (Lipinski definition) is 0.